The summed E-state index contributed by atoms with van der Waals surface area (Å²) in [7, 11) is 0. The van der Waals surface area contributed by atoms with Gasteiger partial charge in [0.1, 0.15) is 5.75 Å². The van der Waals surface area contributed by atoms with Gasteiger partial charge in [0.05, 0.1) is 10.0 Å². The lowest BCUT2D eigenvalue weighted by Gasteiger charge is -2.09. The largest absolute Gasteiger partial charge is 0.573 e. The topological polar surface area (TPSA) is 22.1 Å². The minimum atomic E-state index is -4.68. The van der Waals surface area contributed by atoms with Crippen LogP contribution in [-0.4, -0.2) is 11.3 Å². The Labute approximate surface area is 135 Å². The Morgan fingerprint density at radius 2 is 1.64 bits per heavy atom. The van der Waals surface area contributed by atoms with E-state index in [0.29, 0.717) is 28.5 Å². The molecule has 117 valence electrons. The first-order valence-electron chi connectivity index (χ1n) is 6.32. The number of halogens is 5. The normalized spacial score (nSPS) is 11.5. The van der Waals surface area contributed by atoms with E-state index >= 15 is 0 Å². The van der Waals surface area contributed by atoms with Crippen LogP contribution < -0.4 is 4.74 Å². The molecule has 0 unspecified atom stereocenters. The molecule has 2 nitrogen and oxygen atoms in total. The average Bonchev–Trinajstić information content (AvgIpc) is 2.42. The number of hydrogen-bond donors (Lipinski definition) is 0. The molecule has 2 rings (SSSR count). The fourth-order valence-electron chi connectivity index (χ4n) is 1.86. The van der Waals surface area contributed by atoms with Gasteiger partial charge in [0.25, 0.3) is 0 Å². The van der Waals surface area contributed by atoms with E-state index in [2.05, 4.69) is 9.72 Å². The van der Waals surface area contributed by atoms with Crippen molar-refractivity contribution in [2.75, 3.05) is 0 Å². The molecule has 0 saturated carbocycles. The van der Waals surface area contributed by atoms with E-state index in [4.69, 9.17) is 23.2 Å². The lowest BCUT2D eigenvalue weighted by Crippen LogP contribution is -2.17. The molecule has 7 heteroatoms. The van der Waals surface area contributed by atoms with Crippen molar-refractivity contribution in [2.45, 2.75) is 19.2 Å². The van der Waals surface area contributed by atoms with E-state index < -0.39 is 6.36 Å². The maximum absolute atomic E-state index is 12.1. The van der Waals surface area contributed by atoms with Crippen molar-refractivity contribution in [2.24, 2.45) is 0 Å². The standard InChI is InChI=1S/C15H11Cl2F3NO/c16-13-8-21-9-14(17)12(13)3-1-2-10-4-6-11(7-5-10)22-15(18,19)20/h3-9H,1-2H2. The van der Waals surface area contributed by atoms with E-state index in [1.165, 1.54) is 24.5 Å². The maximum atomic E-state index is 12.1. The minimum Gasteiger partial charge on any atom is -0.406 e. The quantitative estimate of drug-likeness (QED) is 0.714. The number of aryl methyl sites for hydroxylation is 1. The number of alkyl halides is 3. The van der Waals surface area contributed by atoms with Gasteiger partial charge in [-0.15, -0.1) is 13.2 Å². The Hall–Kier alpha value is -1.46. The summed E-state index contributed by atoms with van der Waals surface area (Å²) in [5.41, 5.74) is 1.59. The van der Waals surface area contributed by atoms with Crippen molar-refractivity contribution in [3.05, 3.63) is 64.3 Å². The number of pyridine rings is 1. The van der Waals surface area contributed by atoms with Crippen molar-refractivity contribution < 1.29 is 17.9 Å². The van der Waals surface area contributed by atoms with Crippen molar-refractivity contribution >= 4 is 23.2 Å². The summed E-state index contributed by atoms with van der Waals surface area (Å²) < 4.78 is 40.0. The predicted octanol–water partition coefficient (Wildman–Crippen LogP) is 5.47. The molecule has 22 heavy (non-hydrogen) atoms. The first-order chi connectivity index (χ1) is 10.3. The fourth-order valence-corrected chi connectivity index (χ4v) is 2.38. The van der Waals surface area contributed by atoms with E-state index in [1.54, 1.807) is 12.1 Å². The third-order valence-electron chi connectivity index (χ3n) is 2.83. The van der Waals surface area contributed by atoms with E-state index in [1.807, 2.05) is 6.42 Å². The molecule has 0 aliphatic heterocycles. The van der Waals surface area contributed by atoms with Gasteiger partial charge in [0.15, 0.2) is 0 Å². The molecule has 1 heterocycles. The molecule has 0 spiro atoms. The number of ether oxygens (including phenoxy) is 1. The van der Waals surface area contributed by atoms with Crippen LogP contribution >= 0.6 is 23.2 Å². The lowest BCUT2D eigenvalue weighted by atomic mass is 10.0. The monoisotopic (exact) mass is 348 g/mol. The molecule has 0 fully saturated rings. The highest BCUT2D eigenvalue weighted by Gasteiger charge is 2.30. The van der Waals surface area contributed by atoms with Crippen LogP contribution in [0.25, 0.3) is 0 Å². The Morgan fingerprint density at radius 3 is 2.18 bits per heavy atom. The van der Waals surface area contributed by atoms with Crippen LogP contribution in [0.3, 0.4) is 0 Å². The molecule has 2 aromatic rings. The summed E-state index contributed by atoms with van der Waals surface area (Å²) in [4.78, 5) is 3.86. The first-order valence-corrected chi connectivity index (χ1v) is 7.07. The molecular weight excluding hydrogens is 338 g/mol. The van der Waals surface area contributed by atoms with Crippen molar-refractivity contribution in [1.29, 1.82) is 0 Å². The third-order valence-corrected chi connectivity index (χ3v) is 3.43. The Morgan fingerprint density at radius 1 is 1.05 bits per heavy atom. The molecule has 0 aliphatic rings. The molecule has 0 amide bonds. The summed E-state index contributed by atoms with van der Waals surface area (Å²) in [5.74, 6) is -0.236. The van der Waals surface area contributed by atoms with Gasteiger partial charge < -0.3 is 4.74 Å². The molecule has 0 bridgehead atoms. The number of nitrogens with zero attached hydrogens (tertiary/aromatic N) is 1. The maximum Gasteiger partial charge on any atom is 0.573 e. The highest BCUT2D eigenvalue weighted by Crippen LogP contribution is 2.27. The van der Waals surface area contributed by atoms with Crippen LogP contribution in [0.4, 0.5) is 13.2 Å². The predicted molar refractivity (Wildman–Crippen MR) is 79.1 cm³/mol. The second-order valence-corrected chi connectivity index (χ2v) is 5.27. The number of benzene rings is 1. The molecule has 1 radical (unpaired) electrons. The van der Waals surface area contributed by atoms with E-state index in [-0.39, 0.29) is 5.75 Å². The van der Waals surface area contributed by atoms with Crippen LogP contribution in [0.5, 0.6) is 5.75 Å². The van der Waals surface area contributed by atoms with E-state index in [0.717, 1.165) is 5.56 Å². The SMILES string of the molecule is FC(F)(F)Oc1ccc(CC[CH]c2c(Cl)cncc2Cl)cc1. The highest BCUT2D eigenvalue weighted by atomic mass is 35.5. The molecule has 1 aromatic heterocycles. The third kappa shape index (κ3) is 5.07. The van der Waals surface area contributed by atoms with Crippen molar-refractivity contribution in [3.63, 3.8) is 0 Å². The van der Waals surface area contributed by atoms with Crippen LogP contribution in [0.15, 0.2) is 36.7 Å². The smallest absolute Gasteiger partial charge is 0.406 e. The molecular formula is C15H11Cl2F3NO. The van der Waals surface area contributed by atoms with Gasteiger partial charge >= 0.3 is 6.36 Å². The van der Waals surface area contributed by atoms with Gasteiger partial charge in [-0.25, -0.2) is 0 Å². The molecule has 1 aromatic carbocycles. The fraction of sp³-hybridized carbons (Fsp3) is 0.200. The first kappa shape index (κ1) is 16.9. The van der Waals surface area contributed by atoms with Gasteiger partial charge in [-0.1, -0.05) is 35.3 Å². The molecule has 0 aliphatic carbocycles. The summed E-state index contributed by atoms with van der Waals surface area (Å²) in [5, 5.41) is 0.919. The van der Waals surface area contributed by atoms with E-state index in [9.17, 15) is 13.2 Å². The second-order valence-electron chi connectivity index (χ2n) is 4.45. The van der Waals surface area contributed by atoms with Crippen molar-refractivity contribution in [3.8, 4) is 5.75 Å². The Bertz CT molecular complexity index is 609. The van der Waals surface area contributed by atoms with Gasteiger partial charge in [-0.3, -0.25) is 4.98 Å². The van der Waals surface area contributed by atoms with Gasteiger partial charge in [-0.05, 0) is 42.5 Å². The minimum absolute atomic E-state index is 0.236. The van der Waals surface area contributed by atoms with Gasteiger partial charge in [0, 0.05) is 12.4 Å². The van der Waals surface area contributed by atoms with Crippen LogP contribution in [0, 0.1) is 6.42 Å². The highest BCUT2D eigenvalue weighted by molar-refractivity contribution is 6.36. The van der Waals surface area contributed by atoms with Crippen molar-refractivity contribution in [1.82, 2.24) is 4.98 Å². The van der Waals surface area contributed by atoms with Crippen LogP contribution in [-0.2, 0) is 6.42 Å². The van der Waals surface area contributed by atoms with Crippen LogP contribution in [0.1, 0.15) is 17.5 Å². The zero-order valence-corrected chi connectivity index (χ0v) is 12.7. The Balaban J connectivity index is 1.90. The summed E-state index contributed by atoms with van der Waals surface area (Å²) >= 11 is 12.0. The average molecular weight is 349 g/mol. The number of hydrogen-bond acceptors (Lipinski definition) is 2. The number of rotatable bonds is 5. The summed E-state index contributed by atoms with van der Waals surface area (Å²) in [6.07, 6.45) is 1.48. The summed E-state index contributed by atoms with van der Waals surface area (Å²) in [6.45, 7) is 0. The zero-order chi connectivity index (χ0) is 16.2. The molecule has 0 saturated heterocycles. The lowest BCUT2D eigenvalue weighted by molar-refractivity contribution is -0.274. The zero-order valence-electron chi connectivity index (χ0n) is 11.2. The number of aromatic nitrogens is 1. The summed E-state index contributed by atoms with van der Waals surface area (Å²) in [6, 6.07) is 5.75. The van der Waals surface area contributed by atoms with Gasteiger partial charge in [-0.2, -0.15) is 0 Å². The Kier molecular flexibility index (Phi) is 5.53. The second kappa shape index (κ2) is 7.20. The molecule has 0 atom stereocenters. The molecule has 0 N–H and O–H groups in total. The van der Waals surface area contributed by atoms with Gasteiger partial charge in [0.2, 0.25) is 0 Å². The van der Waals surface area contributed by atoms with Crippen LogP contribution in [0.2, 0.25) is 10.0 Å².